The number of nitrogens with two attached hydrogens (primary N) is 1. The maximum atomic E-state index is 13.1. The predicted octanol–water partition coefficient (Wildman–Crippen LogP) is 1.68. The zero-order valence-electron chi connectivity index (χ0n) is 7.83. The molecule has 82 valence electrons. The van der Waals surface area contributed by atoms with Crippen LogP contribution in [-0.4, -0.2) is 18.2 Å². The second kappa shape index (κ2) is 4.59. The Morgan fingerprint density at radius 1 is 1.67 bits per heavy atom. The van der Waals surface area contributed by atoms with Gasteiger partial charge in [0.2, 0.25) is 0 Å². The van der Waals surface area contributed by atoms with Gasteiger partial charge in [0.15, 0.2) is 0 Å². The third-order valence-electron chi connectivity index (χ3n) is 1.85. The van der Waals surface area contributed by atoms with Crippen LogP contribution in [0.2, 0.25) is 0 Å². The molecule has 0 radical (unpaired) electrons. The third kappa shape index (κ3) is 2.45. The van der Waals surface area contributed by atoms with E-state index in [4.69, 9.17) is 15.6 Å². The topological polar surface area (TPSA) is 72.5 Å². The first-order chi connectivity index (χ1) is 6.97. The molecule has 0 spiro atoms. The van der Waals surface area contributed by atoms with Crippen molar-refractivity contribution in [3.63, 3.8) is 0 Å². The summed E-state index contributed by atoms with van der Waals surface area (Å²) >= 11 is 3.11. The number of carboxylic acids is 1. The van der Waals surface area contributed by atoms with Crippen molar-refractivity contribution in [2.75, 3.05) is 7.11 Å². The maximum Gasteiger partial charge on any atom is 0.325 e. The molecule has 0 aliphatic carbocycles. The molecule has 6 heteroatoms. The minimum atomic E-state index is -1.29. The van der Waals surface area contributed by atoms with Gasteiger partial charge in [-0.2, -0.15) is 0 Å². The van der Waals surface area contributed by atoms with Crippen LogP contribution in [0, 0.1) is 5.82 Å². The van der Waals surface area contributed by atoms with E-state index in [2.05, 4.69) is 15.9 Å². The van der Waals surface area contributed by atoms with Crippen LogP contribution in [0.25, 0.3) is 0 Å². The summed E-state index contributed by atoms with van der Waals surface area (Å²) in [6.07, 6.45) is 0. The van der Waals surface area contributed by atoms with Crippen molar-refractivity contribution in [1.29, 1.82) is 0 Å². The average Bonchev–Trinajstić information content (AvgIpc) is 2.19. The Balaban J connectivity index is 3.28. The minimum Gasteiger partial charge on any atom is -0.495 e. The SMILES string of the molecule is COc1cc(F)cc(C(N)C(=O)O)c1Br. The van der Waals surface area contributed by atoms with Crippen molar-refractivity contribution in [2.45, 2.75) is 6.04 Å². The van der Waals surface area contributed by atoms with Gasteiger partial charge >= 0.3 is 5.97 Å². The summed E-state index contributed by atoms with van der Waals surface area (Å²) in [5.74, 6) is -1.62. The number of hydrogen-bond acceptors (Lipinski definition) is 3. The Morgan fingerprint density at radius 2 is 2.27 bits per heavy atom. The highest BCUT2D eigenvalue weighted by Gasteiger charge is 2.20. The lowest BCUT2D eigenvalue weighted by atomic mass is 10.1. The van der Waals surface area contributed by atoms with Crippen molar-refractivity contribution in [3.05, 3.63) is 28.0 Å². The summed E-state index contributed by atoms with van der Waals surface area (Å²) in [4.78, 5) is 10.7. The Morgan fingerprint density at radius 3 is 2.73 bits per heavy atom. The molecule has 0 bridgehead atoms. The summed E-state index contributed by atoms with van der Waals surface area (Å²) < 4.78 is 18.3. The lowest BCUT2D eigenvalue weighted by Gasteiger charge is -2.12. The zero-order valence-corrected chi connectivity index (χ0v) is 9.42. The van der Waals surface area contributed by atoms with Crippen LogP contribution in [0.1, 0.15) is 11.6 Å². The van der Waals surface area contributed by atoms with Gasteiger partial charge < -0.3 is 15.6 Å². The first-order valence-corrected chi connectivity index (χ1v) is 4.78. The number of carboxylic acid groups (broad SMARTS) is 1. The van der Waals surface area contributed by atoms with E-state index in [1.54, 1.807) is 0 Å². The van der Waals surface area contributed by atoms with Gasteiger partial charge in [0.05, 0.1) is 11.6 Å². The van der Waals surface area contributed by atoms with E-state index >= 15 is 0 Å². The summed E-state index contributed by atoms with van der Waals surface area (Å²) in [5.41, 5.74) is 5.52. The van der Waals surface area contributed by atoms with E-state index in [1.807, 2.05) is 0 Å². The quantitative estimate of drug-likeness (QED) is 0.882. The van der Waals surface area contributed by atoms with Crippen LogP contribution in [0.5, 0.6) is 5.75 Å². The van der Waals surface area contributed by atoms with Crippen LogP contribution in [-0.2, 0) is 4.79 Å². The lowest BCUT2D eigenvalue weighted by Crippen LogP contribution is -2.21. The Labute approximate surface area is 94.0 Å². The lowest BCUT2D eigenvalue weighted by molar-refractivity contribution is -0.138. The molecule has 15 heavy (non-hydrogen) atoms. The van der Waals surface area contributed by atoms with E-state index in [0.29, 0.717) is 4.47 Å². The Hall–Kier alpha value is -1.14. The number of ether oxygens (including phenoxy) is 1. The van der Waals surface area contributed by atoms with E-state index in [9.17, 15) is 9.18 Å². The van der Waals surface area contributed by atoms with Crippen molar-refractivity contribution < 1.29 is 19.0 Å². The van der Waals surface area contributed by atoms with Crippen LogP contribution in [0.3, 0.4) is 0 Å². The van der Waals surface area contributed by atoms with Crippen LogP contribution in [0.15, 0.2) is 16.6 Å². The van der Waals surface area contributed by atoms with Gasteiger partial charge in [0, 0.05) is 11.6 Å². The van der Waals surface area contributed by atoms with Crippen LogP contribution < -0.4 is 10.5 Å². The van der Waals surface area contributed by atoms with Gasteiger partial charge in [-0.3, -0.25) is 4.79 Å². The van der Waals surface area contributed by atoms with E-state index in [0.717, 1.165) is 12.1 Å². The highest BCUT2D eigenvalue weighted by atomic mass is 79.9. The highest BCUT2D eigenvalue weighted by molar-refractivity contribution is 9.10. The molecule has 1 aromatic rings. The molecule has 3 N–H and O–H groups in total. The van der Waals surface area contributed by atoms with Crippen molar-refractivity contribution >= 4 is 21.9 Å². The Kier molecular flexibility index (Phi) is 3.65. The molecular weight excluding hydrogens is 269 g/mol. The fourth-order valence-corrected chi connectivity index (χ4v) is 1.73. The number of methoxy groups -OCH3 is 1. The predicted molar refractivity (Wildman–Crippen MR) is 55.2 cm³/mol. The van der Waals surface area contributed by atoms with Crippen LogP contribution >= 0.6 is 15.9 Å². The molecule has 0 aliphatic rings. The van der Waals surface area contributed by atoms with Crippen molar-refractivity contribution in [3.8, 4) is 5.75 Å². The molecule has 0 fully saturated rings. The smallest absolute Gasteiger partial charge is 0.325 e. The van der Waals surface area contributed by atoms with Gasteiger partial charge in [-0.25, -0.2) is 4.39 Å². The summed E-state index contributed by atoms with van der Waals surface area (Å²) in [7, 11) is 1.36. The molecule has 1 rings (SSSR count). The highest BCUT2D eigenvalue weighted by Crippen LogP contribution is 2.32. The standard InChI is InChI=1S/C9H9BrFNO3/c1-15-6-3-4(11)2-5(7(6)10)8(12)9(13)14/h2-3,8H,12H2,1H3,(H,13,14). The average molecular weight is 278 g/mol. The third-order valence-corrected chi connectivity index (χ3v) is 2.70. The molecule has 1 aromatic carbocycles. The van der Waals surface area contributed by atoms with Gasteiger partial charge in [0.25, 0.3) is 0 Å². The first kappa shape index (κ1) is 11.9. The van der Waals surface area contributed by atoms with Crippen molar-refractivity contribution in [2.24, 2.45) is 5.73 Å². The second-order valence-corrected chi connectivity index (χ2v) is 3.62. The number of benzene rings is 1. The van der Waals surface area contributed by atoms with Gasteiger partial charge in [-0.1, -0.05) is 0 Å². The number of hydrogen-bond donors (Lipinski definition) is 2. The van der Waals surface area contributed by atoms with Gasteiger partial charge in [-0.15, -0.1) is 0 Å². The van der Waals surface area contributed by atoms with E-state index in [-0.39, 0.29) is 11.3 Å². The molecule has 1 unspecified atom stereocenters. The molecular formula is C9H9BrFNO3. The summed E-state index contributed by atoms with van der Waals surface area (Å²) in [6.45, 7) is 0. The number of aliphatic carboxylic acids is 1. The molecule has 4 nitrogen and oxygen atoms in total. The monoisotopic (exact) mass is 277 g/mol. The molecule has 0 saturated heterocycles. The van der Waals surface area contributed by atoms with Crippen molar-refractivity contribution in [1.82, 2.24) is 0 Å². The fourth-order valence-electron chi connectivity index (χ4n) is 1.09. The molecule has 0 aromatic heterocycles. The summed E-state index contributed by atoms with van der Waals surface area (Å²) in [5, 5.41) is 8.71. The number of rotatable bonds is 3. The largest absolute Gasteiger partial charge is 0.495 e. The summed E-state index contributed by atoms with van der Waals surface area (Å²) in [6, 6.07) is 0.914. The van der Waals surface area contributed by atoms with Gasteiger partial charge in [-0.05, 0) is 22.0 Å². The zero-order chi connectivity index (χ0) is 11.6. The second-order valence-electron chi connectivity index (χ2n) is 2.83. The number of carbonyl (C=O) groups is 1. The first-order valence-electron chi connectivity index (χ1n) is 3.98. The normalized spacial score (nSPS) is 12.3. The van der Waals surface area contributed by atoms with E-state index < -0.39 is 17.8 Å². The maximum absolute atomic E-state index is 13.1. The minimum absolute atomic E-state index is 0.138. The molecule has 0 saturated carbocycles. The number of halogens is 2. The van der Waals surface area contributed by atoms with Gasteiger partial charge in [0.1, 0.15) is 17.6 Å². The fraction of sp³-hybridized carbons (Fsp3) is 0.222. The van der Waals surface area contributed by atoms with Crippen LogP contribution in [0.4, 0.5) is 4.39 Å². The molecule has 1 atom stereocenters. The molecule has 0 amide bonds. The molecule has 0 aliphatic heterocycles. The van der Waals surface area contributed by atoms with E-state index in [1.165, 1.54) is 7.11 Å². The Bertz CT molecular complexity index is 397. The molecule has 0 heterocycles.